The molecule has 0 spiro atoms. The molecular weight excluding hydrogens is 357 g/mol. The summed E-state index contributed by atoms with van der Waals surface area (Å²) in [6.07, 6.45) is 4.58. The third-order valence-electron chi connectivity index (χ3n) is 4.64. The zero-order chi connectivity index (χ0) is 19.5. The molecule has 7 heteroatoms. The Morgan fingerprint density at radius 2 is 2.00 bits per heavy atom. The Labute approximate surface area is 161 Å². The van der Waals surface area contributed by atoms with Crippen molar-refractivity contribution in [3.63, 3.8) is 0 Å². The van der Waals surface area contributed by atoms with Crippen LogP contribution in [0.5, 0.6) is 0 Å². The summed E-state index contributed by atoms with van der Waals surface area (Å²) in [5, 5.41) is 8.39. The number of pyridine rings is 1. The van der Waals surface area contributed by atoms with Gasteiger partial charge in [0.15, 0.2) is 0 Å². The van der Waals surface area contributed by atoms with Crippen molar-refractivity contribution in [2.75, 3.05) is 6.54 Å². The maximum atomic E-state index is 13.1. The Morgan fingerprint density at radius 1 is 1.18 bits per heavy atom. The third-order valence-corrected chi connectivity index (χ3v) is 4.64. The predicted molar refractivity (Wildman–Crippen MR) is 105 cm³/mol. The summed E-state index contributed by atoms with van der Waals surface area (Å²) in [7, 11) is 1.72. The van der Waals surface area contributed by atoms with Crippen LogP contribution in [-0.4, -0.2) is 31.8 Å². The van der Waals surface area contributed by atoms with Crippen LogP contribution in [0.15, 0.2) is 60.9 Å². The number of halogens is 1. The Hall–Kier alpha value is -3.48. The first-order valence-electron chi connectivity index (χ1n) is 9.10. The fourth-order valence-electron chi connectivity index (χ4n) is 3.18. The minimum absolute atomic E-state index is 0.182. The standard InChI is InChI=1S/C21H20FN5O/c1-26-19(14-18(25-26)15-5-7-17(22)8-6-15)21(28)24-11-3-12-27-13-9-16-4-2-10-23-20(16)27/h2,4-10,13-14H,3,11-12H2,1H3,(H,24,28). The lowest BCUT2D eigenvalue weighted by atomic mass is 10.1. The first kappa shape index (κ1) is 17.9. The molecule has 1 amide bonds. The monoisotopic (exact) mass is 377 g/mol. The second kappa shape index (κ2) is 7.64. The number of hydrogen-bond donors (Lipinski definition) is 1. The van der Waals surface area contributed by atoms with Crippen molar-refractivity contribution in [3.05, 3.63) is 72.4 Å². The minimum Gasteiger partial charge on any atom is -0.351 e. The number of nitrogens with one attached hydrogen (secondary N) is 1. The van der Waals surface area contributed by atoms with Crippen molar-refractivity contribution >= 4 is 16.9 Å². The zero-order valence-electron chi connectivity index (χ0n) is 15.5. The van der Waals surface area contributed by atoms with Gasteiger partial charge in [-0.05, 0) is 55.0 Å². The van der Waals surface area contributed by atoms with Crippen LogP contribution in [-0.2, 0) is 13.6 Å². The second-order valence-electron chi connectivity index (χ2n) is 6.58. The summed E-state index contributed by atoms with van der Waals surface area (Å²) in [6, 6.07) is 13.7. The maximum Gasteiger partial charge on any atom is 0.269 e. The molecule has 4 aromatic rings. The van der Waals surface area contributed by atoms with E-state index in [2.05, 4.69) is 20.0 Å². The highest BCUT2D eigenvalue weighted by Crippen LogP contribution is 2.19. The van der Waals surface area contributed by atoms with E-state index in [0.29, 0.717) is 17.9 Å². The number of carbonyl (C=O) groups excluding carboxylic acids is 1. The fourth-order valence-corrected chi connectivity index (χ4v) is 3.18. The molecule has 0 saturated carbocycles. The summed E-state index contributed by atoms with van der Waals surface area (Å²) in [5.74, 6) is -0.484. The largest absolute Gasteiger partial charge is 0.351 e. The Kier molecular flexibility index (Phi) is 4.89. The van der Waals surface area contributed by atoms with E-state index in [-0.39, 0.29) is 11.7 Å². The molecule has 0 atom stereocenters. The predicted octanol–water partition coefficient (Wildman–Crippen LogP) is 3.40. The number of carbonyl (C=O) groups is 1. The average Bonchev–Trinajstić information content (AvgIpc) is 3.29. The SMILES string of the molecule is Cn1nc(-c2ccc(F)cc2)cc1C(=O)NCCCn1ccc2cccnc21. The number of nitrogens with zero attached hydrogens (tertiary/aromatic N) is 4. The molecule has 142 valence electrons. The number of fused-ring (bicyclic) bond motifs is 1. The Morgan fingerprint density at radius 3 is 2.82 bits per heavy atom. The van der Waals surface area contributed by atoms with Crippen LogP contribution in [0.25, 0.3) is 22.3 Å². The molecule has 0 aliphatic rings. The summed E-state index contributed by atoms with van der Waals surface area (Å²) >= 11 is 0. The second-order valence-corrected chi connectivity index (χ2v) is 6.58. The molecule has 0 saturated heterocycles. The Balaban J connectivity index is 1.35. The van der Waals surface area contributed by atoms with Gasteiger partial charge in [0.05, 0.1) is 5.69 Å². The first-order valence-corrected chi connectivity index (χ1v) is 9.10. The highest BCUT2D eigenvalue weighted by atomic mass is 19.1. The number of amides is 1. The summed E-state index contributed by atoms with van der Waals surface area (Å²) < 4.78 is 16.7. The van der Waals surface area contributed by atoms with Crippen LogP contribution in [0, 0.1) is 5.82 Å². The van der Waals surface area contributed by atoms with E-state index in [9.17, 15) is 9.18 Å². The number of aromatic nitrogens is 4. The van der Waals surface area contributed by atoms with Gasteiger partial charge in [-0.2, -0.15) is 5.10 Å². The molecule has 3 aromatic heterocycles. The number of benzene rings is 1. The first-order chi connectivity index (χ1) is 13.6. The van der Waals surface area contributed by atoms with Crippen LogP contribution in [0.2, 0.25) is 0 Å². The molecule has 3 heterocycles. The molecule has 6 nitrogen and oxygen atoms in total. The van der Waals surface area contributed by atoms with Gasteiger partial charge in [-0.15, -0.1) is 0 Å². The molecule has 0 aliphatic carbocycles. The lowest BCUT2D eigenvalue weighted by Gasteiger charge is -2.07. The molecule has 28 heavy (non-hydrogen) atoms. The summed E-state index contributed by atoms with van der Waals surface area (Å²) in [6.45, 7) is 1.31. The van der Waals surface area contributed by atoms with E-state index in [4.69, 9.17) is 0 Å². The van der Waals surface area contributed by atoms with Gasteiger partial charge < -0.3 is 9.88 Å². The lowest BCUT2D eigenvalue weighted by Crippen LogP contribution is -2.27. The molecule has 1 N–H and O–H groups in total. The van der Waals surface area contributed by atoms with Gasteiger partial charge in [0.25, 0.3) is 5.91 Å². The normalized spacial score (nSPS) is 11.1. The highest BCUT2D eigenvalue weighted by molar-refractivity contribution is 5.93. The van der Waals surface area contributed by atoms with Gasteiger partial charge >= 0.3 is 0 Å². The van der Waals surface area contributed by atoms with Crippen molar-refractivity contribution in [1.82, 2.24) is 24.6 Å². The fraction of sp³-hybridized carbons (Fsp3) is 0.190. The van der Waals surface area contributed by atoms with Crippen molar-refractivity contribution in [2.45, 2.75) is 13.0 Å². The van der Waals surface area contributed by atoms with Crippen molar-refractivity contribution in [2.24, 2.45) is 7.05 Å². The van der Waals surface area contributed by atoms with Gasteiger partial charge in [-0.1, -0.05) is 0 Å². The van der Waals surface area contributed by atoms with Gasteiger partial charge in [-0.25, -0.2) is 9.37 Å². The summed E-state index contributed by atoms with van der Waals surface area (Å²) in [4.78, 5) is 16.9. The van der Waals surface area contributed by atoms with E-state index in [1.54, 1.807) is 31.4 Å². The smallest absolute Gasteiger partial charge is 0.269 e. The van der Waals surface area contributed by atoms with Crippen LogP contribution >= 0.6 is 0 Å². The molecule has 4 rings (SSSR count). The molecule has 0 radical (unpaired) electrons. The zero-order valence-corrected chi connectivity index (χ0v) is 15.5. The van der Waals surface area contributed by atoms with Gasteiger partial charge in [-0.3, -0.25) is 9.48 Å². The van der Waals surface area contributed by atoms with Crippen molar-refractivity contribution < 1.29 is 9.18 Å². The van der Waals surface area contributed by atoms with E-state index in [1.807, 2.05) is 24.4 Å². The van der Waals surface area contributed by atoms with Crippen LogP contribution in [0.4, 0.5) is 4.39 Å². The molecule has 1 aromatic carbocycles. The van der Waals surface area contributed by atoms with E-state index < -0.39 is 0 Å². The van der Waals surface area contributed by atoms with E-state index in [0.717, 1.165) is 29.6 Å². The third kappa shape index (κ3) is 3.64. The molecule has 0 bridgehead atoms. The quantitative estimate of drug-likeness (QED) is 0.524. The van der Waals surface area contributed by atoms with Gasteiger partial charge in [0, 0.05) is 43.5 Å². The maximum absolute atomic E-state index is 13.1. The van der Waals surface area contributed by atoms with Gasteiger partial charge in [0.1, 0.15) is 17.2 Å². The van der Waals surface area contributed by atoms with Crippen molar-refractivity contribution in [3.8, 4) is 11.3 Å². The minimum atomic E-state index is -0.302. The number of hydrogen-bond acceptors (Lipinski definition) is 3. The number of aryl methyl sites for hydroxylation is 2. The topological polar surface area (TPSA) is 64.7 Å². The van der Waals surface area contributed by atoms with Crippen LogP contribution in [0.1, 0.15) is 16.9 Å². The van der Waals surface area contributed by atoms with Crippen LogP contribution in [0.3, 0.4) is 0 Å². The summed E-state index contributed by atoms with van der Waals surface area (Å²) in [5.41, 5.74) is 2.82. The molecule has 0 fully saturated rings. The molecule has 0 aliphatic heterocycles. The average molecular weight is 377 g/mol. The Bertz CT molecular complexity index is 1110. The van der Waals surface area contributed by atoms with Crippen molar-refractivity contribution in [1.29, 1.82) is 0 Å². The van der Waals surface area contributed by atoms with Gasteiger partial charge in [0.2, 0.25) is 0 Å². The highest BCUT2D eigenvalue weighted by Gasteiger charge is 2.14. The lowest BCUT2D eigenvalue weighted by molar-refractivity contribution is 0.0943. The number of rotatable bonds is 6. The van der Waals surface area contributed by atoms with E-state index >= 15 is 0 Å². The molecular formula is C21H20FN5O. The molecule has 0 unspecified atom stereocenters. The van der Waals surface area contributed by atoms with Crippen LogP contribution < -0.4 is 5.32 Å². The van der Waals surface area contributed by atoms with E-state index in [1.165, 1.54) is 16.8 Å².